The summed E-state index contributed by atoms with van der Waals surface area (Å²) in [5.41, 5.74) is 1.89. The number of amides is 1. The molecule has 1 saturated carbocycles. The smallest absolute Gasteiger partial charge is 0.227 e. The van der Waals surface area contributed by atoms with Crippen molar-refractivity contribution in [2.75, 3.05) is 5.32 Å². The van der Waals surface area contributed by atoms with Crippen molar-refractivity contribution in [3.05, 3.63) is 30.5 Å². The van der Waals surface area contributed by atoms with Crippen LogP contribution in [0.4, 0.5) is 5.69 Å². The SMILES string of the molecule is O=C(Nc1cccc2cc[nH]c12)C1CC1. The molecule has 1 aliphatic carbocycles. The Bertz CT molecular complexity index is 511. The van der Waals surface area contributed by atoms with Crippen LogP contribution in [0, 0.1) is 5.92 Å². The molecular formula is C12H12N2O. The zero-order valence-corrected chi connectivity index (χ0v) is 8.29. The van der Waals surface area contributed by atoms with E-state index < -0.39 is 0 Å². The van der Waals surface area contributed by atoms with Crippen LogP contribution in [0.15, 0.2) is 30.5 Å². The van der Waals surface area contributed by atoms with Gasteiger partial charge in [0, 0.05) is 17.5 Å². The van der Waals surface area contributed by atoms with Crippen LogP contribution >= 0.6 is 0 Å². The third kappa shape index (κ3) is 1.50. The number of carbonyl (C=O) groups excluding carboxylic acids is 1. The third-order valence-corrected chi connectivity index (χ3v) is 2.79. The Morgan fingerprint density at radius 2 is 2.20 bits per heavy atom. The Hall–Kier alpha value is -1.77. The van der Waals surface area contributed by atoms with E-state index >= 15 is 0 Å². The molecule has 1 fully saturated rings. The number of benzene rings is 1. The van der Waals surface area contributed by atoms with Gasteiger partial charge in [-0.15, -0.1) is 0 Å². The van der Waals surface area contributed by atoms with Crippen LogP contribution in [0.3, 0.4) is 0 Å². The lowest BCUT2D eigenvalue weighted by molar-refractivity contribution is -0.117. The quantitative estimate of drug-likeness (QED) is 0.768. The minimum atomic E-state index is 0.150. The average molecular weight is 200 g/mol. The Labute approximate surface area is 87.5 Å². The minimum Gasteiger partial charge on any atom is -0.359 e. The van der Waals surface area contributed by atoms with Gasteiger partial charge in [-0.25, -0.2) is 0 Å². The largest absolute Gasteiger partial charge is 0.359 e. The fraction of sp³-hybridized carbons (Fsp3) is 0.250. The number of rotatable bonds is 2. The molecule has 0 radical (unpaired) electrons. The molecule has 0 saturated heterocycles. The van der Waals surface area contributed by atoms with Crippen LogP contribution in [0.2, 0.25) is 0 Å². The van der Waals surface area contributed by atoms with Crippen LogP contribution < -0.4 is 5.32 Å². The molecule has 1 amide bonds. The van der Waals surface area contributed by atoms with Crippen molar-refractivity contribution in [2.45, 2.75) is 12.8 Å². The molecule has 1 heterocycles. The molecule has 0 aliphatic heterocycles. The molecular weight excluding hydrogens is 188 g/mol. The van der Waals surface area contributed by atoms with Gasteiger partial charge >= 0.3 is 0 Å². The van der Waals surface area contributed by atoms with Gasteiger partial charge in [-0.1, -0.05) is 12.1 Å². The Kier molecular flexibility index (Phi) is 1.78. The van der Waals surface area contributed by atoms with E-state index in [0.717, 1.165) is 29.4 Å². The number of para-hydroxylation sites is 1. The lowest BCUT2D eigenvalue weighted by atomic mass is 10.2. The molecule has 3 rings (SSSR count). The molecule has 1 aliphatic rings. The Morgan fingerprint density at radius 3 is 3.00 bits per heavy atom. The van der Waals surface area contributed by atoms with Crippen LogP contribution in [0.5, 0.6) is 0 Å². The summed E-state index contributed by atoms with van der Waals surface area (Å²) in [5.74, 6) is 0.396. The van der Waals surface area contributed by atoms with E-state index in [9.17, 15) is 4.79 Å². The number of aromatic nitrogens is 1. The molecule has 76 valence electrons. The van der Waals surface area contributed by atoms with Crippen molar-refractivity contribution in [1.82, 2.24) is 4.98 Å². The summed E-state index contributed by atoms with van der Waals surface area (Å²) in [6.45, 7) is 0. The van der Waals surface area contributed by atoms with Gasteiger partial charge in [0.15, 0.2) is 0 Å². The van der Waals surface area contributed by atoms with Gasteiger partial charge in [-0.3, -0.25) is 4.79 Å². The van der Waals surface area contributed by atoms with Gasteiger partial charge in [0.25, 0.3) is 0 Å². The first-order valence-corrected chi connectivity index (χ1v) is 5.21. The highest BCUT2D eigenvalue weighted by Gasteiger charge is 2.29. The number of hydrogen-bond donors (Lipinski definition) is 2. The van der Waals surface area contributed by atoms with Gasteiger partial charge in [0.05, 0.1) is 11.2 Å². The predicted octanol–water partition coefficient (Wildman–Crippen LogP) is 2.52. The topological polar surface area (TPSA) is 44.9 Å². The summed E-state index contributed by atoms with van der Waals surface area (Å²) in [4.78, 5) is 14.8. The van der Waals surface area contributed by atoms with Crippen molar-refractivity contribution in [2.24, 2.45) is 5.92 Å². The van der Waals surface area contributed by atoms with E-state index in [4.69, 9.17) is 0 Å². The molecule has 0 spiro atoms. The van der Waals surface area contributed by atoms with Crippen LogP contribution in [0.1, 0.15) is 12.8 Å². The van der Waals surface area contributed by atoms with Gasteiger partial charge < -0.3 is 10.3 Å². The van der Waals surface area contributed by atoms with Crippen molar-refractivity contribution >= 4 is 22.5 Å². The number of anilines is 1. The molecule has 1 aromatic heterocycles. The van der Waals surface area contributed by atoms with Crippen molar-refractivity contribution < 1.29 is 4.79 Å². The van der Waals surface area contributed by atoms with Crippen LogP contribution in [-0.2, 0) is 4.79 Å². The van der Waals surface area contributed by atoms with Crippen LogP contribution in [-0.4, -0.2) is 10.9 Å². The van der Waals surface area contributed by atoms with E-state index in [0.29, 0.717) is 0 Å². The molecule has 2 aromatic rings. The summed E-state index contributed by atoms with van der Waals surface area (Å²) in [6.07, 6.45) is 3.95. The second kappa shape index (κ2) is 3.12. The van der Waals surface area contributed by atoms with Crippen LogP contribution in [0.25, 0.3) is 10.9 Å². The standard InChI is InChI=1S/C12H12N2O/c15-12(9-4-5-9)14-10-3-1-2-8-6-7-13-11(8)10/h1-3,6-7,9,13H,4-5H2,(H,14,15). The zero-order valence-electron chi connectivity index (χ0n) is 8.29. The number of nitrogens with one attached hydrogen (secondary N) is 2. The normalized spacial score (nSPS) is 15.5. The summed E-state index contributed by atoms with van der Waals surface area (Å²) < 4.78 is 0. The van der Waals surface area contributed by atoms with E-state index in [1.54, 1.807) is 0 Å². The number of carbonyl (C=O) groups is 1. The average Bonchev–Trinajstić information content (AvgIpc) is 2.97. The van der Waals surface area contributed by atoms with Crippen molar-refractivity contribution in [3.63, 3.8) is 0 Å². The summed E-state index contributed by atoms with van der Waals surface area (Å²) in [6, 6.07) is 7.92. The summed E-state index contributed by atoms with van der Waals surface area (Å²) in [5, 5.41) is 4.09. The third-order valence-electron chi connectivity index (χ3n) is 2.79. The number of H-pyrrole nitrogens is 1. The monoisotopic (exact) mass is 200 g/mol. The molecule has 0 atom stereocenters. The molecule has 2 N–H and O–H groups in total. The van der Waals surface area contributed by atoms with Gasteiger partial charge in [-0.2, -0.15) is 0 Å². The molecule has 15 heavy (non-hydrogen) atoms. The summed E-state index contributed by atoms with van der Waals surface area (Å²) >= 11 is 0. The molecule has 3 heteroatoms. The maximum atomic E-state index is 11.6. The molecule has 3 nitrogen and oxygen atoms in total. The van der Waals surface area contributed by atoms with Gasteiger partial charge in [0.2, 0.25) is 5.91 Å². The number of hydrogen-bond acceptors (Lipinski definition) is 1. The van der Waals surface area contributed by atoms with Crippen molar-refractivity contribution in [3.8, 4) is 0 Å². The maximum Gasteiger partial charge on any atom is 0.227 e. The maximum absolute atomic E-state index is 11.6. The lowest BCUT2D eigenvalue weighted by Gasteiger charge is -2.05. The second-order valence-corrected chi connectivity index (χ2v) is 4.01. The Morgan fingerprint density at radius 1 is 1.33 bits per heavy atom. The van der Waals surface area contributed by atoms with E-state index in [-0.39, 0.29) is 11.8 Å². The minimum absolute atomic E-state index is 0.150. The van der Waals surface area contributed by atoms with E-state index in [2.05, 4.69) is 10.3 Å². The first-order chi connectivity index (χ1) is 7.34. The first-order valence-electron chi connectivity index (χ1n) is 5.21. The zero-order chi connectivity index (χ0) is 10.3. The number of aromatic amines is 1. The van der Waals surface area contributed by atoms with Gasteiger partial charge in [0.1, 0.15) is 0 Å². The second-order valence-electron chi connectivity index (χ2n) is 4.01. The number of fused-ring (bicyclic) bond motifs is 1. The highest BCUT2D eigenvalue weighted by molar-refractivity contribution is 6.01. The molecule has 0 bridgehead atoms. The predicted molar refractivity (Wildman–Crippen MR) is 59.7 cm³/mol. The summed E-state index contributed by atoms with van der Waals surface area (Å²) in [7, 11) is 0. The first kappa shape index (κ1) is 8.53. The van der Waals surface area contributed by atoms with Gasteiger partial charge in [-0.05, 0) is 25.0 Å². The van der Waals surface area contributed by atoms with E-state index in [1.807, 2.05) is 30.5 Å². The fourth-order valence-corrected chi connectivity index (χ4v) is 1.77. The Balaban J connectivity index is 1.95. The fourth-order valence-electron chi connectivity index (χ4n) is 1.77. The lowest BCUT2D eigenvalue weighted by Crippen LogP contribution is -2.13. The van der Waals surface area contributed by atoms with Crippen molar-refractivity contribution in [1.29, 1.82) is 0 Å². The molecule has 0 unspecified atom stereocenters. The highest BCUT2D eigenvalue weighted by atomic mass is 16.2. The van der Waals surface area contributed by atoms with E-state index in [1.165, 1.54) is 0 Å². The molecule has 1 aromatic carbocycles. The highest BCUT2D eigenvalue weighted by Crippen LogP contribution is 2.31.